The smallest absolute Gasteiger partial charge is 0.162 e. The van der Waals surface area contributed by atoms with Crippen LogP contribution in [0.15, 0.2) is 6.20 Å². The molecule has 2 unspecified atom stereocenters. The molecular weight excluding hydrogens is 232 g/mol. The lowest BCUT2D eigenvalue weighted by molar-refractivity contribution is -0.117. The zero-order chi connectivity index (χ0) is 13.3. The Labute approximate surface area is 108 Å². The van der Waals surface area contributed by atoms with E-state index in [1.165, 1.54) is 0 Å². The van der Waals surface area contributed by atoms with Gasteiger partial charge in [-0.1, -0.05) is 6.92 Å². The van der Waals surface area contributed by atoms with Gasteiger partial charge in [-0.15, -0.1) is 0 Å². The number of methoxy groups -OCH3 is 1. The molecule has 0 bridgehead atoms. The number of ether oxygens (including phenoxy) is 2. The van der Waals surface area contributed by atoms with Crippen molar-refractivity contribution in [2.45, 2.75) is 38.8 Å². The monoisotopic (exact) mass is 254 g/mol. The highest BCUT2D eigenvalue weighted by atomic mass is 16.5. The van der Waals surface area contributed by atoms with Crippen LogP contribution in [-0.2, 0) is 10.3 Å². The van der Waals surface area contributed by atoms with Crippen molar-refractivity contribution in [3.05, 3.63) is 11.9 Å². The van der Waals surface area contributed by atoms with Gasteiger partial charge in [0.05, 0.1) is 19.9 Å². The summed E-state index contributed by atoms with van der Waals surface area (Å²) in [5.74, 6) is 0.675. The van der Waals surface area contributed by atoms with Crippen LogP contribution in [0, 0.1) is 5.92 Å². The fourth-order valence-corrected chi connectivity index (χ4v) is 2.52. The molecule has 0 aliphatic carbocycles. The lowest BCUT2D eigenvalue weighted by Gasteiger charge is -2.38. The zero-order valence-electron chi connectivity index (χ0n) is 11.5. The van der Waals surface area contributed by atoms with Crippen LogP contribution in [0.25, 0.3) is 0 Å². The molecule has 0 saturated carbocycles. The maximum atomic E-state index is 11.0. The molecule has 5 heteroatoms. The summed E-state index contributed by atoms with van der Waals surface area (Å²) in [5.41, 5.74) is -0.152. The van der Waals surface area contributed by atoms with Crippen LogP contribution in [0.5, 0.6) is 5.75 Å². The lowest BCUT2D eigenvalue weighted by Crippen LogP contribution is -2.43. The number of aliphatic hydroxyl groups is 1. The van der Waals surface area contributed by atoms with Gasteiger partial charge in [-0.05, 0) is 13.8 Å². The van der Waals surface area contributed by atoms with E-state index in [1.807, 2.05) is 25.5 Å². The van der Waals surface area contributed by atoms with E-state index in [9.17, 15) is 5.11 Å². The van der Waals surface area contributed by atoms with Crippen molar-refractivity contribution < 1.29 is 14.6 Å². The molecule has 2 heterocycles. The Morgan fingerprint density at radius 3 is 2.89 bits per heavy atom. The maximum absolute atomic E-state index is 11.0. The molecule has 0 amide bonds. The molecule has 2 atom stereocenters. The predicted molar refractivity (Wildman–Crippen MR) is 67.7 cm³/mol. The SMILES string of the molecule is COc1cnn(C(C)C)c1C1(O)CCOCC1C. The zero-order valence-corrected chi connectivity index (χ0v) is 11.5. The average Bonchev–Trinajstić information content (AvgIpc) is 2.77. The summed E-state index contributed by atoms with van der Waals surface area (Å²) in [6, 6.07) is 0.183. The summed E-state index contributed by atoms with van der Waals surface area (Å²) in [4.78, 5) is 0. The molecule has 0 aromatic carbocycles. The first-order valence-electron chi connectivity index (χ1n) is 6.42. The average molecular weight is 254 g/mol. The highest BCUT2D eigenvalue weighted by Gasteiger charge is 2.43. The molecular formula is C13H22N2O3. The minimum absolute atomic E-state index is 0.0225. The molecule has 102 valence electrons. The molecule has 1 aliphatic rings. The normalized spacial score (nSPS) is 28.7. The Morgan fingerprint density at radius 1 is 1.61 bits per heavy atom. The van der Waals surface area contributed by atoms with Crippen molar-refractivity contribution >= 4 is 0 Å². The van der Waals surface area contributed by atoms with Gasteiger partial charge in [0.1, 0.15) is 11.3 Å². The lowest BCUT2D eigenvalue weighted by atomic mass is 9.81. The van der Waals surface area contributed by atoms with Crippen molar-refractivity contribution in [3.63, 3.8) is 0 Å². The minimum atomic E-state index is -0.926. The van der Waals surface area contributed by atoms with E-state index in [1.54, 1.807) is 13.3 Å². The third-order valence-corrected chi connectivity index (χ3v) is 3.69. The van der Waals surface area contributed by atoms with Crippen LogP contribution < -0.4 is 4.74 Å². The minimum Gasteiger partial charge on any atom is -0.493 e. The van der Waals surface area contributed by atoms with E-state index in [0.717, 1.165) is 5.69 Å². The van der Waals surface area contributed by atoms with Crippen LogP contribution in [0.3, 0.4) is 0 Å². The molecule has 5 nitrogen and oxygen atoms in total. The Bertz CT molecular complexity index is 416. The highest BCUT2D eigenvalue weighted by Crippen LogP contribution is 2.41. The predicted octanol–water partition coefficient (Wildman–Crippen LogP) is 1.72. The van der Waals surface area contributed by atoms with Crippen molar-refractivity contribution in [1.82, 2.24) is 9.78 Å². The van der Waals surface area contributed by atoms with Gasteiger partial charge in [0.25, 0.3) is 0 Å². The van der Waals surface area contributed by atoms with Gasteiger partial charge < -0.3 is 14.6 Å². The van der Waals surface area contributed by atoms with E-state index in [0.29, 0.717) is 25.4 Å². The number of hydrogen-bond donors (Lipinski definition) is 1. The maximum Gasteiger partial charge on any atom is 0.162 e. The van der Waals surface area contributed by atoms with Crippen LogP contribution in [0.1, 0.15) is 38.9 Å². The van der Waals surface area contributed by atoms with Gasteiger partial charge in [0, 0.05) is 25.0 Å². The Balaban J connectivity index is 2.50. The topological polar surface area (TPSA) is 56.5 Å². The van der Waals surface area contributed by atoms with Gasteiger partial charge in [-0.2, -0.15) is 5.10 Å². The van der Waals surface area contributed by atoms with Crippen molar-refractivity contribution in [2.24, 2.45) is 5.92 Å². The Morgan fingerprint density at radius 2 is 2.33 bits per heavy atom. The first-order chi connectivity index (χ1) is 8.50. The third-order valence-electron chi connectivity index (χ3n) is 3.69. The number of nitrogens with zero attached hydrogens (tertiary/aromatic N) is 2. The summed E-state index contributed by atoms with van der Waals surface area (Å²) in [7, 11) is 1.61. The molecule has 1 saturated heterocycles. The molecule has 1 N–H and O–H groups in total. The molecule has 18 heavy (non-hydrogen) atoms. The highest BCUT2D eigenvalue weighted by molar-refractivity contribution is 5.32. The van der Waals surface area contributed by atoms with Crippen molar-refractivity contribution in [3.8, 4) is 5.75 Å². The third kappa shape index (κ3) is 2.01. The van der Waals surface area contributed by atoms with Crippen molar-refractivity contribution in [1.29, 1.82) is 0 Å². The first-order valence-corrected chi connectivity index (χ1v) is 6.42. The molecule has 1 aliphatic heterocycles. The Kier molecular flexibility index (Phi) is 3.64. The van der Waals surface area contributed by atoms with E-state index < -0.39 is 5.60 Å². The number of hydrogen-bond acceptors (Lipinski definition) is 4. The largest absolute Gasteiger partial charge is 0.493 e. The van der Waals surface area contributed by atoms with Gasteiger partial charge in [0.2, 0.25) is 0 Å². The summed E-state index contributed by atoms with van der Waals surface area (Å²) in [5, 5.41) is 15.4. The second kappa shape index (κ2) is 4.90. The quantitative estimate of drug-likeness (QED) is 0.892. The van der Waals surface area contributed by atoms with E-state index in [-0.39, 0.29) is 12.0 Å². The van der Waals surface area contributed by atoms with Gasteiger partial charge in [-0.25, -0.2) is 0 Å². The first kappa shape index (κ1) is 13.4. The second-order valence-electron chi connectivity index (χ2n) is 5.25. The molecule has 2 rings (SSSR count). The summed E-state index contributed by atoms with van der Waals surface area (Å²) >= 11 is 0. The fraction of sp³-hybridized carbons (Fsp3) is 0.769. The van der Waals surface area contributed by atoms with Crippen LogP contribution in [-0.4, -0.2) is 35.2 Å². The summed E-state index contributed by atoms with van der Waals surface area (Å²) in [6.07, 6.45) is 2.25. The van der Waals surface area contributed by atoms with E-state index in [4.69, 9.17) is 9.47 Å². The van der Waals surface area contributed by atoms with Gasteiger partial charge in [0.15, 0.2) is 5.75 Å². The molecule has 1 aromatic heterocycles. The van der Waals surface area contributed by atoms with Gasteiger partial charge in [-0.3, -0.25) is 4.68 Å². The van der Waals surface area contributed by atoms with Crippen molar-refractivity contribution in [2.75, 3.05) is 20.3 Å². The number of aromatic nitrogens is 2. The van der Waals surface area contributed by atoms with E-state index in [2.05, 4.69) is 5.10 Å². The molecule has 1 aromatic rings. The van der Waals surface area contributed by atoms with Crippen LogP contribution in [0.4, 0.5) is 0 Å². The summed E-state index contributed by atoms with van der Waals surface area (Å²) in [6.45, 7) is 7.21. The second-order valence-corrected chi connectivity index (χ2v) is 5.25. The number of rotatable bonds is 3. The Hall–Kier alpha value is -1.07. The van der Waals surface area contributed by atoms with Gasteiger partial charge >= 0.3 is 0 Å². The van der Waals surface area contributed by atoms with E-state index >= 15 is 0 Å². The molecule has 0 spiro atoms. The molecule has 1 fully saturated rings. The fourth-order valence-electron chi connectivity index (χ4n) is 2.52. The molecule has 0 radical (unpaired) electrons. The van der Waals surface area contributed by atoms with Crippen LogP contribution >= 0.6 is 0 Å². The summed E-state index contributed by atoms with van der Waals surface area (Å²) < 4.78 is 12.6. The standard InChI is InChI=1S/C13H22N2O3/c1-9(2)15-12(11(17-4)7-14-15)13(16)5-6-18-8-10(13)3/h7,9-10,16H,5-6,8H2,1-4H3. The van der Waals surface area contributed by atoms with Crippen LogP contribution in [0.2, 0.25) is 0 Å².